The van der Waals surface area contributed by atoms with Crippen LogP contribution in [0.2, 0.25) is 0 Å². The highest BCUT2D eigenvalue weighted by Gasteiger charge is 2.33. The zero-order valence-corrected chi connectivity index (χ0v) is 13.8. The standard InChI is InChI=1S/C13H25N5O2S/c1-4-17-8-6-11(7-9-17)16(3)21(19,20)12-10-18(5-2)15-13(12)14/h10-11H,4-9H2,1-3H3,(H2,14,15). The minimum Gasteiger partial charge on any atom is -0.381 e. The third kappa shape index (κ3) is 3.22. The highest BCUT2D eigenvalue weighted by Crippen LogP contribution is 2.25. The van der Waals surface area contributed by atoms with Gasteiger partial charge in [-0.15, -0.1) is 0 Å². The van der Waals surface area contributed by atoms with Gasteiger partial charge in [-0.2, -0.15) is 9.40 Å². The van der Waals surface area contributed by atoms with Crippen LogP contribution >= 0.6 is 0 Å². The van der Waals surface area contributed by atoms with E-state index < -0.39 is 10.0 Å². The van der Waals surface area contributed by atoms with Crippen LogP contribution in [-0.2, 0) is 16.6 Å². The van der Waals surface area contributed by atoms with Gasteiger partial charge in [-0.1, -0.05) is 6.92 Å². The number of hydrogen-bond acceptors (Lipinski definition) is 5. The minimum atomic E-state index is -3.58. The molecule has 0 bridgehead atoms. The number of nitrogens with zero attached hydrogens (tertiary/aromatic N) is 4. The fourth-order valence-electron chi connectivity index (χ4n) is 2.73. The molecule has 1 aliphatic heterocycles. The number of piperidine rings is 1. The minimum absolute atomic E-state index is 0.0298. The highest BCUT2D eigenvalue weighted by molar-refractivity contribution is 7.89. The van der Waals surface area contributed by atoms with Crippen LogP contribution < -0.4 is 5.73 Å². The lowest BCUT2D eigenvalue weighted by Crippen LogP contribution is -2.45. The van der Waals surface area contributed by atoms with Crippen molar-refractivity contribution in [3.8, 4) is 0 Å². The molecule has 21 heavy (non-hydrogen) atoms. The van der Waals surface area contributed by atoms with Crippen LogP contribution in [0.25, 0.3) is 0 Å². The Bertz CT molecular complexity index is 575. The summed E-state index contributed by atoms with van der Waals surface area (Å²) in [5.41, 5.74) is 5.77. The van der Waals surface area contributed by atoms with Crippen molar-refractivity contribution < 1.29 is 8.42 Å². The Morgan fingerprint density at radius 1 is 1.33 bits per heavy atom. The molecule has 0 saturated carbocycles. The fourth-order valence-corrected chi connectivity index (χ4v) is 4.20. The maximum Gasteiger partial charge on any atom is 0.248 e. The third-order valence-corrected chi connectivity index (χ3v) is 6.18. The van der Waals surface area contributed by atoms with E-state index in [4.69, 9.17) is 5.73 Å². The maximum absolute atomic E-state index is 12.7. The van der Waals surface area contributed by atoms with E-state index >= 15 is 0 Å². The van der Waals surface area contributed by atoms with Crippen molar-refractivity contribution >= 4 is 15.8 Å². The molecule has 0 spiro atoms. The van der Waals surface area contributed by atoms with Crippen molar-refractivity contribution in [2.24, 2.45) is 0 Å². The molecule has 1 aromatic rings. The highest BCUT2D eigenvalue weighted by atomic mass is 32.2. The second-order valence-corrected chi connectivity index (χ2v) is 7.39. The Labute approximate surface area is 126 Å². The molecule has 2 N–H and O–H groups in total. The maximum atomic E-state index is 12.7. The van der Waals surface area contributed by atoms with E-state index in [1.54, 1.807) is 11.7 Å². The summed E-state index contributed by atoms with van der Waals surface area (Å²) in [7, 11) is -1.93. The third-order valence-electron chi connectivity index (χ3n) is 4.25. The molecule has 1 saturated heterocycles. The van der Waals surface area contributed by atoms with Gasteiger partial charge in [-0.3, -0.25) is 4.68 Å². The van der Waals surface area contributed by atoms with Gasteiger partial charge < -0.3 is 10.6 Å². The van der Waals surface area contributed by atoms with Crippen LogP contribution in [0.3, 0.4) is 0 Å². The smallest absolute Gasteiger partial charge is 0.248 e. The first-order valence-electron chi connectivity index (χ1n) is 7.43. The first kappa shape index (κ1) is 16.3. The molecule has 2 rings (SSSR count). The summed E-state index contributed by atoms with van der Waals surface area (Å²) >= 11 is 0. The normalized spacial score (nSPS) is 18.5. The summed E-state index contributed by atoms with van der Waals surface area (Å²) in [6, 6.07) is 0.0298. The van der Waals surface area contributed by atoms with Gasteiger partial charge in [-0.25, -0.2) is 8.42 Å². The van der Waals surface area contributed by atoms with E-state index in [0.29, 0.717) is 6.54 Å². The van der Waals surface area contributed by atoms with Crippen LogP contribution in [0.4, 0.5) is 5.82 Å². The van der Waals surface area contributed by atoms with Crippen LogP contribution in [0.15, 0.2) is 11.1 Å². The second kappa shape index (κ2) is 6.33. The summed E-state index contributed by atoms with van der Waals surface area (Å²) in [4.78, 5) is 2.45. The van der Waals surface area contributed by atoms with Gasteiger partial charge in [0.15, 0.2) is 5.82 Å². The van der Waals surface area contributed by atoms with E-state index in [1.165, 1.54) is 10.5 Å². The summed E-state index contributed by atoms with van der Waals surface area (Å²) in [5.74, 6) is 0.0784. The van der Waals surface area contributed by atoms with E-state index in [1.807, 2.05) is 6.92 Å². The molecular weight excluding hydrogens is 290 g/mol. The molecule has 8 heteroatoms. The molecule has 7 nitrogen and oxygen atoms in total. The number of likely N-dealkylation sites (tertiary alicyclic amines) is 1. The number of nitrogens with two attached hydrogens (primary N) is 1. The zero-order chi connectivity index (χ0) is 15.6. The molecule has 1 aromatic heterocycles. The van der Waals surface area contributed by atoms with Crippen LogP contribution in [0.5, 0.6) is 0 Å². The number of anilines is 1. The number of hydrogen-bond donors (Lipinski definition) is 1. The molecule has 0 radical (unpaired) electrons. The molecule has 0 amide bonds. The molecule has 0 aromatic carbocycles. The van der Waals surface area contributed by atoms with Crippen molar-refractivity contribution in [3.05, 3.63) is 6.20 Å². The Kier molecular flexibility index (Phi) is 4.90. The van der Waals surface area contributed by atoms with Crippen molar-refractivity contribution in [3.63, 3.8) is 0 Å². The van der Waals surface area contributed by atoms with Gasteiger partial charge in [0.05, 0.1) is 0 Å². The zero-order valence-electron chi connectivity index (χ0n) is 13.0. The molecule has 120 valence electrons. The van der Waals surface area contributed by atoms with E-state index in [0.717, 1.165) is 32.5 Å². The van der Waals surface area contributed by atoms with Gasteiger partial charge in [0.1, 0.15) is 4.90 Å². The quantitative estimate of drug-likeness (QED) is 0.859. The first-order chi connectivity index (χ1) is 9.90. The van der Waals surface area contributed by atoms with E-state index in [9.17, 15) is 8.42 Å². The van der Waals surface area contributed by atoms with Gasteiger partial charge in [0.25, 0.3) is 0 Å². The second-order valence-electron chi connectivity index (χ2n) is 5.42. The van der Waals surface area contributed by atoms with Gasteiger partial charge in [0, 0.05) is 25.8 Å². The molecule has 1 aliphatic rings. The van der Waals surface area contributed by atoms with Gasteiger partial charge in [0.2, 0.25) is 10.0 Å². The van der Waals surface area contributed by atoms with Crippen molar-refractivity contribution in [2.45, 2.75) is 44.2 Å². The summed E-state index contributed by atoms with van der Waals surface area (Å²) in [5, 5.41) is 4.03. The van der Waals surface area contributed by atoms with Crippen molar-refractivity contribution in [1.29, 1.82) is 0 Å². The Morgan fingerprint density at radius 2 is 1.95 bits per heavy atom. The average Bonchev–Trinajstić information content (AvgIpc) is 2.88. The number of sulfonamides is 1. The number of nitrogen functional groups attached to an aromatic ring is 1. The molecule has 0 atom stereocenters. The number of rotatable bonds is 5. The monoisotopic (exact) mass is 315 g/mol. The Hall–Kier alpha value is -1.12. The van der Waals surface area contributed by atoms with Crippen LogP contribution in [0.1, 0.15) is 26.7 Å². The van der Waals surface area contributed by atoms with Crippen LogP contribution in [-0.4, -0.2) is 60.1 Å². The predicted molar refractivity (Wildman–Crippen MR) is 82.4 cm³/mol. The number of aryl methyl sites for hydroxylation is 1. The van der Waals surface area contributed by atoms with Gasteiger partial charge in [-0.05, 0) is 39.4 Å². The van der Waals surface area contributed by atoms with Gasteiger partial charge >= 0.3 is 0 Å². The summed E-state index contributed by atoms with van der Waals surface area (Å²) in [6.07, 6.45) is 3.22. The largest absolute Gasteiger partial charge is 0.381 e. The van der Waals surface area contributed by atoms with E-state index in [2.05, 4.69) is 16.9 Å². The topological polar surface area (TPSA) is 84.5 Å². The molecule has 0 unspecified atom stereocenters. The molecule has 0 aliphatic carbocycles. The Morgan fingerprint density at radius 3 is 2.43 bits per heavy atom. The molecular formula is C13H25N5O2S. The van der Waals surface area contributed by atoms with Crippen molar-refractivity contribution in [2.75, 3.05) is 32.4 Å². The molecule has 2 heterocycles. The van der Waals surface area contributed by atoms with E-state index in [-0.39, 0.29) is 16.8 Å². The first-order valence-corrected chi connectivity index (χ1v) is 8.87. The predicted octanol–water partition coefficient (Wildman–Crippen LogP) is 0.590. The fraction of sp³-hybridized carbons (Fsp3) is 0.769. The Balaban J connectivity index is 2.17. The lowest BCUT2D eigenvalue weighted by molar-refractivity contribution is 0.176. The molecule has 1 fully saturated rings. The summed E-state index contributed by atoms with van der Waals surface area (Å²) < 4.78 is 28.4. The SMILES string of the molecule is CCN1CCC(N(C)S(=O)(=O)c2cn(CC)nc2N)CC1. The summed E-state index contributed by atoms with van der Waals surface area (Å²) in [6.45, 7) is 7.50. The lowest BCUT2D eigenvalue weighted by atomic mass is 10.1. The van der Waals surface area contributed by atoms with Crippen molar-refractivity contribution in [1.82, 2.24) is 19.0 Å². The number of aromatic nitrogens is 2. The van der Waals surface area contributed by atoms with Crippen LogP contribution in [0, 0.1) is 0 Å². The lowest BCUT2D eigenvalue weighted by Gasteiger charge is -2.35. The average molecular weight is 315 g/mol.